The Kier molecular flexibility index (Phi) is 6.62. The van der Waals surface area contributed by atoms with Crippen LogP contribution in [0.4, 0.5) is 4.79 Å². The Morgan fingerprint density at radius 2 is 1.91 bits per heavy atom. The van der Waals surface area contributed by atoms with Crippen molar-refractivity contribution < 1.29 is 14.3 Å². The minimum atomic E-state index is -0.427. The van der Waals surface area contributed by atoms with E-state index in [4.69, 9.17) is 9.47 Å². The Morgan fingerprint density at radius 1 is 1.30 bits per heavy atom. The molecule has 0 bridgehead atoms. The Labute approximate surface area is 154 Å². The maximum atomic E-state index is 12.2. The summed E-state index contributed by atoms with van der Waals surface area (Å²) in [5.41, 5.74) is -0.485. The lowest BCUT2D eigenvalue weighted by Crippen LogP contribution is -2.50. The van der Waals surface area contributed by atoms with E-state index in [0.717, 1.165) is 42.9 Å². The lowest BCUT2D eigenvalue weighted by Gasteiger charge is -2.42. The van der Waals surface area contributed by atoms with Crippen molar-refractivity contribution in [2.45, 2.75) is 71.0 Å². The smallest absolute Gasteiger partial charge is 0.410 e. The number of carbonyl (C=O) groups excluding carboxylic acids is 1. The van der Waals surface area contributed by atoms with Gasteiger partial charge in [0.2, 0.25) is 0 Å². The van der Waals surface area contributed by atoms with Crippen LogP contribution in [0.25, 0.3) is 0 Å². The molecule has 1 saturated carbocycles. The molecule has 1 atom stereocenters. The van der Waals surface area contributed by atoms with Crippen LogP contribution >= 0.6 is 22.6 Å². The van der Waals surface area contributed by atoms with Crippen LogP contribution in [0.3, 0.4) is 0 Å². The van der Waals surface area contributed by atoms with Gasteiger partial charge in [0.1, 0.15) is 5.60 Å². The van der Waals surface area contributed by atoms with Gasteiger partial charge < -0.3 is 14.4 Å². The molecule has 0 N–H and O–H groups in total. The second-order valence-electron chi connectivity index (χ2n) is 8.26. The topological polar surface area (TPSA) is 38.8 Å². The van der Waals surface area contributed by atoms with Crippen molar-refractivity contribution in [1.82, 2.24) is 4.90 Å². The van der Waals surface area contributed by atoms with E-state index in [0.29, 0.717) is 5.92 Å². The van der Waals surface area contributed by atoms with Crippen LogP contribution in [-0.4, -0.2) is 46.3 Å². The van der Waals surface area contributed by atoms with Gasteiger partial charge in [-0.15, -0.1) is 0 Å². The summed E-state index contributed by atoms with van der Waals surface area (Å²) in [5.74, 6) is 1.52. The minimum absolute atomic E-state index is 0.0585. The zero-order chi connectivity index (χ0) is 17.1. The Bertz CT molecular complexity index is 396. The van der Waals surface area contributed by atoms with Crippen molar-refractivity contribution in [2.75, 3.05) is 24.1 Å². The number of hydrogen-bond donors (Lipinski definition) is 0. The van der Waals surface area contributed by atoms with Crippen LogP contribution in [0.5, 0.6) is 0 Å². The van der Waals surface area contributed by atoms with E-state index in [2.05, 4.69) is 29.5 Å². The Hall–Kier alpha value is -0.0400. The van der Waals surface area contributed by atoms with E-state index in [1.807, 2.05) is 25.7 Å². The number of hydrogen-bond acceptors (Lipinski definition) is 3. The van der Waals surface area contributed by atoms with E-state index in [9.17, 15) is 4.79 Å². The third-order valence-electron chi connectivity index (χ3n) is 5.18. The van der Waals surface area contributed by atoms with Gasteiger partial charge in [0.15, 0.2) is 0 Å². The molecule has 1 heterocycles. The van der Waals surface area contributed by atoms with Crippen molar-refractivity contribution in [1.29, 1.82) is 0 Å². The lowest BCUT2D eigenvalue weighted by molar-refractivity contribution is -0.0860. The van der Waals surface area contributed by atoms with Crippen molar-refractivity contribution in [3.05, 3.63) is 0 Å². The van der Waals surface area contributed by atoms with Gasteiger partial charge in [0.05, 0.1) is 12.2 Å². The highest BCUT2D eigenvalue weighted by Crippen LogP contribution is 2.36. The summed E-state index contributed by atoms with van der Waals surface area (Å²) in [5, 5.41) is 0. The third kappa shape index (κ3) is 5.48. The summed E-state index contributed by atoms with van der Waals surface area (Å²) in [6.07, 6.45) is 5.75. The quantitative estimate of drug-likeness (QED) is 0.465. The monoisotopic (exact) mass is 437 g/mol. The highest BCUT2D eigenvalue weighted by molar-refractivity contribution is 14.1. The third-order valence-corrected chi connectivity index (χ3v) is 6.57. The molecule has 2 fully saturated rings. The summed E-state index contributed by atoms with van der Waals surface area (Å²) in [4.78, 5) is 14.0. The van der Waals surface area contributed by atoms with E-state index in [1.165, 1.54) is 19.3 Å². The molecule has 0 aromatic heterocycles. The van der Waals surface area contributed by atoms with E-state index >= 15 is 0 Å². The zero-order valence-corrected chi connectivity index (χ0v) is 17.2. The predicted octanol–water partition coefficient (Wildman–Crippen LogP) is 4.64. The van der Waals surface area contributed by atoms with E-state index in [-0.39, 0.29) is 11.7 Å². The summed E-state index contributed by atoms with van der Waals surface area (Å²) >= 11 is 2.43. The number of nitrogens with zero attached hydrogens (tertiary/aromatic N) is 1. The normalized spacial score (nSPS) is 23.3. The molecular formula is C18H32INO3. The van der Waals surface area contributed by atoms with Crippen LogP contribution in [0, 0.1) is 11.8 Å². The Morgan fingerprint density at radius 3 is 2.35 bits per heavy atom. The SMILES string of the molecule is CC(COC1(CI)CCN(C(=O)OC(C)(C)C)CC1)C1CCC1. The van der Waals surface area contributed by atoms with Crippen LogP contribution in [0.2, 0.25) is 0 Å². The second kappa shape index (κ2) is 7.89. The lowest BCUT2D eigenvalue weighted by atomic mass is 9.77. The van der Waals surface area contributed by atoms with Crippen LogP contribution in [0.1, 0.15) is 59.8 Å². The average Bonchev–Trinajstić information content (AvgIpc) is 2.42. The fourth-order valence-electron chi connectivity index (χ4n) is 3.19. The van der Waals surface area contributed by atoms with Crippen molar-refractivity contribution in [2.24, 2.45) is 11.8 Å². The molecule has 1 aliphatic heterocycles. The first-order chi connectivity index (χ1) is 10.7. The fourth-order valence-corrected chi connectivity index (χ4v) is 4.18. The van der Waals surface area contributed by atoms with Gasteiger partial charge in [0.25, 0.3) is 0 Å². The van der Waals surface area contributed by atoms with E-state index in [1.54, 1.807) is 0 Å². The molecule has 4 nitrogen and oxygen atoms in total. The van der Waals surface area contributed by atoms with Gasteiger partial charge >= 0.3 is 6.09 Å². The van der Waals surface area contributed by atoms with Crippen LogP contribution in [0.15, 0.2) is 0 Å². The summed E-state index contributed by atoms with van der Waals surface area (Å²) < 4.78 is 12.8. The first-order valence-electron chi connectivity index (χ1n) is 8.92. The predicted molar refractivity (Wildman–Crippen MR) is 101 cm³/mol. The minimum Gasteiger partial charge on any atom is -0.444 e. The van der Waals surface area contributed by atoms with Gasteiger partial charge in [-0.25, -0.2) is 4.79 Å². The molecule has 0 radical (unpaired) electrons. The number of carbonyl (C=O) groups is 1. The molecule has 5 heteroatoms. The standard InChI is InChI=1S/C18H32INO3/c1-14(15-6-5-7-15)12-22-18(13-19)8-10-20(11-9-18)16(21)23-17(2,3)4/h14-15H,5-13H2,1-4H3. The number of piperidine rings is 1. The number of likely N-dealkylation sites (tertiary alicyclic amines) is 1. The molecule has 2 aliphatic rings. The molecule has 1 saturated heterocycles. The molecule has 1 unspecified atom stereocenters. The highest BCUT2D eigenvalue weighted by Gasteiger charge is 2.38. The van der Waals surface area contributed by atoms with Gasteiger partial charge in [-0.3, -0.25) is 0 Å². The summed E-state index contributed by atoms with van der Waals surface area (Å²) in [7, 11) is 0. The maximum absolute atomic E-state index is 12.2. The van der Waals surface area contributed by atoms with Crippen LogP contribution in [-0.2, 0) is 9.47 Å². The molecular weight excluding hydrogens is 405 g/mol. The summed E-state index contributed by atoms with van der Waals surface area (Å²) in [6, 6.07) is 0. The Balaban J connectivity index is 1.80. The van der Waals surface area contributed by atoms with Gasteiger partial charge in [-0.2, -0.15) is 0 Å². The van der Waals surface area contributed by atoms with Crippen LogP contribution < -0.4 is 0 Å². The highest BCUT2D eigenvalue weighted by atomic mass is 127. The number of rotatable bonds is 5. The molecule has 1 aliphatic carbocycles. The zero-order valence-electron chi connectivity index (χ0n) is 15.1. The fraction of sp³-hybridized carbons (Fsp3) is 0.944. The molecule has 1 amide bonds. The molecule has 0 aromatic rings. The molecule has 0 aromatic carbocycles. The number of halogens is 1. The molecule has 2 rings (SSSR count). The first-order valence-corrected chi connectivity index (χ1v) is 10.5. The second-order valence-corrected chi connectivity index (χ2v) is 9.03. The molecule has 0 spiro atoms. The van der Waals surface area contributed by atoms with Crippen molar-refractivity contribution >= 4 is 28.7 Å². The first kappa shape index (κ1) is 19.3. The molecule has 134 valence electrons. The number of amides is 1. The number of ether oxygens (including phenoxy) is 2. The maximum Gasteiger partial charge on any atom is 0.410 e. The largest absolute Gasteiger partial charge is 0.444 e. The number of alkyl halides is 1. The van der Waals surface area contributed by atoms with Gasteiger partial charge in [0, 0.05) is 17.5 Å². The van der Waals surface area contributed by atoms with E-state index < -0.39 is 5.60 Å². The van der Waals surface area contributed by atoms with Crippen molar-refractivity contribution in [3.63, 3.8) is 0 Å². The molecule has 23 heavy (non-hydrogen) atoms. The van der Waals surface area contributed by atoms with Crippen molar-refractivity contribution in [3.8, 4) is 0 Å². The van der Waals surface area contributed by atoms with Gasteiger partial charge in [-0.05, 0) is 45.4 Å². The van der Waals surface area contributed by atoms with Gasteiger partial charge in [-0.1, -0.05) is 48.8 Å². The summed E-state index contributed by atoms with van der Waals surface area (Å²) in [6.45, 7) is 10.4. The average molecular weight is 437 g/mol.